The lowest BCUT2D eigenvalue weighted by Gasteiger charge is -2.24. The van der Waals surface area contributed by atoms with E-state index < -0.39 is 5.91 Å². The van der Waals surface area contributed by atoms with Crippen LogP contribution in [0.25, 0.3) is 27.9 Å². The maximum Gasteiger partial charge on any atom is 0.267 e. The van der Waals surface area contributed by atoms with Crippen LogP contribution in [0.1, 0.15) is 5.56 Å². The highest BCUT2D eigenvalue weighted by molar-refractivity contribution is 6.04. The summed E-state index contributed by atoms with van der Waals surface area (Å²) in [6, 6.07) is 25.5. The molecule has 0 aliphatic heterocycles. The van der Waals surface area contributed by atoms with Gasteiger partial charge in [0.05, 0.1) is 35.5 Å². The van der Waals surface area contributed by atoms with Crippen LogP contribution in [0, 0.1) is 0 Å². The van der Waals surface area contributed by atoms with Crippen molar-refractivity contribution in [1.29, 1.82) is 0 Å². The van der Waals surface area contributed by atoms with E-state index in [1.54, 1.807) is 59.2 Å². The number of pyridine rings is 2. The number of carbonyl (C=O) groups is 3. The zero-order chi connectivity index (χ0) is 28.6. The van der Waals surface area contributed by atoms with Crippen LogP contribution in [0.3, 0.4) is 0 Å². The molecule has 3 aromatic carbocycles. The van der Waals surface area contributed by atoms with Crippen molar-refractivity contribution in [2.24, 2.45) is 0 Å². The van der Waals surface area contributed by atoms with Crippen LogP contribution < -0.4 is 21.0 Å². The van der Waals surface area contributed by atoms with E-state index in [0.29, 0.717) is 33.7 Å². The van der Waals surface area contributed by atoms with Gasteiger partial charge in [0, 0.05) is 34.9 Å². The number of nitrogens with zero attached hydrogens (tertiary/aromatic N) is 3. The lowest BCUT2D eigenvalue weighted by atomic mass is 10.1. The third-order valence-corrected chi connectivity index (χ3v) is 6.26. The first-order chi connectivity index (χ1) is 20.0. The molecule has 204 valence electrons. The SMILES string of the molecule is O=C(C=Cc1cccc(N(CC(=O)Nc2cccc3cccnc23)CC(=O)Nc2cccc3cccnc23)c1)NO. The minimum Gasteiger partial charge on any atom is -0.353 e. The minimum atomic E-state index is -0.682. The first kappa shape index (κ1) is 27.0. The number of carbonyl (C=O) groups excluding carboxylic acids is 3. The molecule has 0 radical (unpaired) electrons. The van der Waals surface area contributed by atoms with Gasteiger partial charge in [0.2, 0.25) is 11.8 Å². The predicted octanol–water partition coefficient (Wildman–Crippen LogP) is 4.39. The van der Waals surface area contributed by atoms with Gasteiger partial charge in [-0.1, -0.05) is 48.5 Å². The normalized spacial score (nSPS) is 11.0. The molecule has 0 bridgehead atoms. The van der Waals surface area contributed by atoms with Crippen LogP contribution in [-0.2, 0) is 14.4 Å². The molecular formula is C31H26N6O4. The summed E-state index contributed by atoms with van der Waals surface area (Å²) in [6.07, 6.45) is 6.00. The second-order valence-corrected chi connectivity index (χ2v) is 9.12. The Morgan fingerprint density at radius 2 is 1.27 bits per heavy atom. The van der Waals surface area contributed by atoms with E-state index in [4.69, 9.17) is 5.21 Å². The first-order valence-electron chi connectivity index (χ1n) is 12.7. The van der Waals surface area contributed by atoms with E-state index in [2.05, 4.69) is 20.6 Å². The van der Waals surface area contributed by atoms with Crippen molar-refractivity contribution >= 4 is 62.7 Å². The van der Waals surface area contributed by atoms with Gasteiger partial charge in [-0.05, 0) is 48.0 Å². The van der Waals surface area contributed by atoms with Crippen molar-refractivity contribution in [2.45, 2.75) is 0 Å². The van der Waals surface area contributed by atoms with Gasteiger partial charge in [0.15, 0.2) is 0 Å². The molecule has 0 spiro atoms. The number of para-hydroxylation sites is 2. The van der Waals surface area contributed by atoms with Gasteiger partial charge in [-0.3, -0.25) is 29.6 Å². The summed E-state index contributed by atoms with van der Waals surface area (Å²) in [5.41, 5.74) is 5.19. The molecule has 5 aromatic rings. The van der Waals surface area contributed by atoms with Crippen LogP contribution in [0.5, 0.6) is 0 Å². The maximum absolute atomic E-state index is 13.3. The Hall–Kier alpha value is -5.61. The van der Waals surface area contributed by atoms with E-state index in [9.17, 15) is 14.4 Å². The molecule has 41 heavy (non-hydrogen) atoms. The summed E-state index contributed by atoms with van der Waals surface area (Å²) < 4.78 is 0. The number of hydrogen-bond acceptors (Lipinski definition) is 7. The number of benzene rings is 3. The van der Waals surface area contributed by atoms with Gasteiger partial charge in [0.1, 0.15) is 0 Å². The van der Waals surface area contributed by atoms with Crippen LogP contribution in [-0.4, -0.2) is 46.0 Å². The third kappa shape index (κ3) is 6.70. The zero-order valence-corrected chi connectivity index (χ0v) is 21.8. The predicted molar refractivity (Wildman–Crippen MR) is 158 cm³/mol. The fraction of sp³-hybridized carbons (Fsp3) is 0.0645. The lowest BCUT2D eigenvalue weighted by molar-refractivity contribution is -0.124. The number of hydrogen-bond donors (Lipinski definition) is 4. The Balaban J connectivity index is 1.40. The second kappa shape index (κ2) is 12.5. The van der Waals surface area contributed by atoms with Gasteiger partial charge in [-0.15, -0.1) is 0 Å². The van der Waals surface area contributed by atoms with E-state index >= 15 is 0 Å². The van der Waals surface area contributed by atoms with E-state index in [1.807, 2.05) is 48.5 Å². The average molecular weight is 547 g/mol. The Bertz CT molecular complexity index is 1660. The van der Waals surface area contributed by atoms with Crippen molar-refractivity contribution in [3.8, 4) is 0 Å². The molecule has 0 fully saturated rings. The molecule has 10 nitrogen and oxygen atoms in total. The Morgan fingerprint density at radius 1 is 0.732 bits per heavy atom. The molecule has 0 aliphatic rings. The number of nitrogens with one attached hydrogen (secondary N) is 3. The van der Waals surface area contributed by atoms with Crippen molar-refractivity contribution in [3.63, 3.8) is 0 Å². The van der Waals surface area contributed by atoms with E-state index in [-0.39, 0.29) is 24.9 Å². The highest BCUT2D eigenvalue weighted by Gasteiger charge is 2.18. The largest absolute Gasteiger partial charge is 0.353 e. The average Bonchev–Trinajstić information content (AvgIpc) is 3.00. The summed E-state index contributed by atoms with van der Waals surface area (Å²) in [7, 11) is 0. The van der Waals surface area contributed by atoms with Crippen molar-refractivity contribution in [1.82, 2.24) is 15.4 Å². The molecule has 2 heterocycles. The van der Waals surface area contributed by atoms with Gasteiger partial charge >= 0.3 is 0 Å². The first-order valence-corrected chi connectivity index (χ1v) is 12.7. The van der Waals surface area contributed by atoms with Crippen molar-refractivity contribution < 1.29 is 19.6 Å². The van der Waals surface area contributed by atoms with Crippen LogP contribution in [0.15, 0.2) is 103 Å². The van der Waals surface area contributed by atoms with Gasteiger partial charge in [0.25, 0.3) is 5.91 Å². The molecule has 0 aliphatic carbocycles. The summed E-state index contributed by atoms with van der Waals surface area (Å²) in [5.74, 6) is -1.37. The fourth-order valence-electron chi connectivity index (χ4n) is 4.41. The fourth-order valence-corrected chi connectivity index (χ4v) is 4.41. The number of fused-ring (bicyclic) bond motifs is 2. The molecule has 0 saturated heterocycles. The van der Waals surface area contributed by atoms with Crippen LogP contribution in [0.2, 0.25) is 0 Å². The number of amides is 3. The smallest absolute Gasteiger partial charge is 0.267 e. The van der Waals surface area contributed by atoms with Gasteiger partial charge < -0.3 is 15.5 Å². The second-order valence-electron chi connectivity index (χ2n) is 9.12. The van der Waals surface area contributed by atoms with Crippen molar-refractivity contribution in [3.05, 3.63) is 109 Å². The molecule has 10 heteroatoms. The molecular weight excluding hydrogens is 520 g/mol. The van der Waals surface area contributed by atoms with Crippen LogP contribution >= 0.6 is 0 Å². The van der Waals surface area contributed by atoms with Gasteiger partial charge in [-0.2, -0.15) is 0 Å². The summed E-state index contributed by atoms with van der Waals surface area (Å²) in [5, 5.41) is 16.4. The number of aromatic nitrogens is 2. The number of hydroxylamine groups is 1. The lowest BCUT2D eigenvalue weighted by Crippen LogP contribution is -2.39. The minimum absolute atomic E-state index is 0.144. The molecule has 5 rings (SSSR count). The summed E-state index contributed by atoms with van der Waals surface area (Å²) >= 11 is 0. The Morgan fingerprint density at radius 3 is 1.83 bits per heavy atom. The molecule has 2 aromatic heterocycles. The van der Waals surface area contributed by atoms with E-state index in [1.165, 1.54) is 12.2 Å². The number of rotatable bonds is 9. The molecule has 0 atom stereocenters. The number of anilines is 3. The quantitative estimate of drug-likeness (QED) is 0.122. The van der Waals surface area contributed by atoms with Crippen LogP contribution in [0.4, 0.5) is 17.1 Å². The monoisotopic (exact) mass is 546 g/mol. The zero-order valence-electron chi connectivity index (χ0n) is 21.8. The highest BCUT2D eigenvalue weighted by atomic mass is 16.5. The molecule has 3 amide bonds. The maximum atomic E-state index is 13.3. The molecule has 0 saturated carbocycles. The topological polar surface area (TPSA) is 137 Å². The molecule has 0 unspecified atom stereocenters. The standard InChI is InChI=1S/C31H26N6O4/c38-27(36-41)15-14-21-6-1-11-24(18-21)37(19-28(39)34-25-12-2-7-22-9-4-16-32-30(22)25)20-29(40)35-26-13-3-8-23-10-5-17-33-31(23)26/h1-18,41H,19-20H2,(H,34,39)(H,35,40)(H,36,38). The highest BCUT2D eigenvalue weighted by Crippen LogP contribution is 2.23. The van der Waals surface area contributed by atoms with Gasteiger partial charge in [-0.25, -0.2) is 5.48 Å². The van der Waals surface area contributed by atoms with E-state index in [0.717, 1.165) is 10.8 Å². The molecule has 4 N–H and O–H groups in total. The van der Waals surface area contributed by atoms with Crippen molar-refractivity contribution in [2.75, 3.05) is 28.6 Å². The Kier molecular flexibility index (Phi) is 8.22. The third-order valence-electron chi connectivity index (χ3n) is 6.26. The summed E-state index contributed by atoms with van der Waals surface area (Å²) in [6.45, 7) is -0.288. The summed E-state index contributed by atoms with van der Waals surface area (Å²) in [4.78, 5) is 48.4. The Labute approximate surface area is 235 Å².